The molecule has 0 aromatic rings. The summed E-state index contributed by atoms with van der Waals surface area (Å²) in [5, 5.41) is 3.59. The second kappa shape index (κ2) is 9.21. The molecule has 0 saturated heterocycles. The van der Waals surface area contributed by atoms with Crippen LogP contribution in [0.5, 0.6) is 0 Å². The summed E-state index contributed by atoms with van der Waals surface area (Å²) in [6, 6.07) is 0.493. The predicted molar refractivity (Wildman–Crippen MR) is 82.2 cm³/mol. The van der Waals surface area contributed by atoms with Crippen LogP contribution in [0.1, 0.15) is 39.5 Å². The van der Waals surface area contributed by atoms with E-state index < -0.39 is 0 Å². The van der Waals surface area contributed by atoms with Gasteiger partial charge in [-0.25, -0.2) is 0 Å². The highest BCUT2D eigenvalue weighted by Crippen LogP contribution is 2.22. The molecule has 0 unspecified atom stereocenters. The van der Waals surface area contributed by atoms with E-state index in [1.165, 1.54) is 17.3 Å². The summed E-state index contributed by atoms with van der Waals surface area (Å²) < 4.78 is 5.73. The monoisotopic (exact) mass is 283 g/mol. The highest BCUT2D eigenvalue weighted by Gasteiger charge is 2.08. The van der Waals surface area contributed by atoms with Gasteiger partial charge in [-0.15, -0.1) is 0 Å². The summed E-state index contributed by atoms with van der Waals surface area (Å²) in [5.41, 5.74) is 1.33. The molecule has 1 rings (SSSR count). The van der Waals surface area contributed by atoms with E-state index >= 15 is 0 Å². The average molecular weight is 283 g/mol. The maximum atomic E-state index is 11.3. The fourth-order valence-corrected chi connectivity index (χ4v) is 2.22. The van der Waals surface area contributed by atoms with E-state index in [0.29, 0.717) is 19.1 Å². The lowest BCUT2D eigenvalue weighted by molar-refractivity contribution is -0.110. The Labute approximate surface area is 120 Å². The molecule has 1 aliphatic carbocycles. The molecule has 1 N–H and O–H groups in total. The van der Waals surface area contributed by atoms with Crippen molar-refractivity contribution in [1.29, 1.82) is 0 Å². The fraction of sp³-hybridized carbons (Fsp3) is 0.667. The minimum atomic E-state index is 0.263. The van der Waals surface area contributed by atoms with Crippen LogP contribution in [0.25, 0.3) is 0 Å². The van der Waals surface area contributed by atoms with Crippen LogP contribution in [0.3, 0.4) is 0 Å². The minimum Gasteiger partial charge on any atom is -0.493 e. The van der Waals surface area contributed by atoms with Crippen LogP contribution in [-0.4, -0.2) is 30.6 Å². The van der Waals surface area contributed by atoms with E-state index in [0.717, 1.165) is 31.6 Å². The Morgan fingerprint density at radius 1 is 1.53 bits per heavy atom. The zero-order valence-corrected chi connectivity index (χ0v) is 13.0. The molecule has 0 aromatic carbocycles. The molecular formula is C15H25NO2S. The molecule has 0 fully saturated rings. The van der Waals surface area contributed by atoms with Crippen LogP contribution >= 0.6 is 11.8 Å². The summed E-state index contributed by atoms with van der Waals surface area (Å²) in [5.74, 6) is 0.961. The Balaban J connectivity index is 2.29. The number of thioether (sulfide) groups is 1. The van der Waals surface area contributed by atoms with Gasteiger partial charge in [0.1, 0.15) is 12.4 Å². The Morgan fingerprint density at radius 3 is 3.00 bits per heavy atom. The summed E-state index contributed by atoms with van der Waals surface area (Å²) in [6.45, 7) is 5.81. The van der Waals surface area contributed by atoms with Crippen LogP contribution in [0.2, 0.25) is 0 Å². The number of carbonyl (C=O) groups is 1. The van der Waals surface area contributed by atoms with Crippen LogP contribution in [0.15, 0.2) is 23.5 Å². The number of hydrogen-bond acceptors (Lipinski definition) is 4. The number of carbonyl (C=O) groups excluding carboxylic acids is 1. The normalized spacial score (nSPS) is 15.2. The number of nitrogens with one attached hydrogen (secondary N) is 1. The number of allylic oxidation sites excluding steroid dienone is 3. The molecule has 0 atom stereocenters. The van der Waals surface area contributed by atoms with Gasteiger partial charge in [0.25, 0.3) is 0 Å². The zero-order valence-electron chi connectivity index (χ0n) is 12.2. The van der Waals surface area contributed by atoms with Crippen LogP contribution in [-0.2, 0) is 9.53 Å². The van der Waals surface area contributed by atoms with E-state index in [2.05, 4.69) is 31.3 Å². The molecule has 0 amide bonds. The lowest BCUT2D eigenvalue weighted by Crippen LogP contribution is -2.26. The molecular weight excluding hydrogens is 258 g/mol. The fourth-order valence-electron chi connectivity index (χ4n) is 1.91. The SMILES string of the molecule is CSC(=O)CCC1=CC(OCCNC(C)C)=CCC1. The second-order valence-electron chi connectivity index (χ2n) is 4.98. The van der Waals surface area contributed by atoms with Gasteiger partial charge in [0, 0.05) is 19.0 Å². The van der Waals surface area contributed by atoms with Crippen molar-refractivity contribution in [1.82, 2.24) is 5.32 Å². The Hall–Kier alpha value is -0.740. The van der Waals surface area contributed by atoms with Gasteiger partial charge < -0.3 is 10.1 Å². The predicted octanol–water partition coefficient (Wildman–Crippen LogP) is 3.27. The Kier molecular flexibility index (Phi) is 7.91. The quantitative estimate of drug-likeness (QED) is 0.694. The number of hydrogen-bond donors (Lipinski definition) is 1. The van der Waals surface area contributed by atoms with E-state index in [9.17, 15) is 4.79 Å². The van der Waals surface area contributed by atoms with Gasteiger partial charge in [0.15, 0.2) is 5.12 Å². The zero-order chi connectivity index (χ0) is 14.1. The highest BCUT2D eigenvalue weighted by atomic mass is 32.2. The first-order valence-electron chi connectivity index (χ1n) is 6.94. The largest absolute Gasteiger partial charge is 0.493 e. The topological polar surface area (TPSA) is 38.3 Å². The van der Waals surface area contributed by atoms with Crippen molar-refractivity contribution in [2.75, 3.05) is 19.4 Å². The molecule has 0 bridgehead atoms. The average Bonchev–Trinajstić information content (AvgIpc) is 2.41. The van der Waals surface area contributed by atoms with Gasteiger partial charge in [0.05, 0.1) is 0 Å². The van der Waals surface area contributed by atoms with Crippen molar-refractivity contribution in [3.05, 3.63) is 23.5 Å². The van der Waals surface area contributed by atoms with Gasteiger partial charge in [-0.1, -0.05) is 31.2 Å². The van der Waals surface area contributed by atoms with Crippen molar-refractivity contribution in [2.45, 2.75) is 45.6 Å². The van der Waals surface area contributed by atoms with Crippen molar-refractivity contribution >= 4 is 16.9 Å². The molecule has 0 saturated carbocycles. The van der Waals surface area contributed by atoms with Gasteiger partial charge >= 0.3 is 0 Å². The van der Waals surface area contributed by atoms with Gasteiger partial charge in [-0.2, -0.15) is 0 Å². The molecule has 0 heterocycles. The third-order valence-electron chi connectivity index (χ3n) is 2.96. The molecule has 0 spiro atoms. The van der Waals surface area contributed by atoms with E-state index in [-0.39, 0.29) is 5.12 Å². The summed E-state index contributed by atoms with van der Waals surface area (Å²) >= 11 is 1.31. The van der Waals surface area contributed by atoms with E-state index in [4.69, 9.17) is 4.74 Å². The first kappa shape index (κ1) is 16.3. The van der Waals surface area contributed by atoms with Crippen molar-refractivity contribution in [3.8, 4) is 0 Å². The molecule has 0 radical (unpaired) electrons. The molecule has 3 nitrogen and oxygen atoms in total. The van der Waals surface area contributed by atoms with Crippen molar-refractivity contribution < 1.29 is 9.53 Å². The van der Waals surface area contributed by atoms with E-state index in [1.54, 1.807) is 0 Å². The van der Waals surface area contributed by atoms with Gasteiger partial charge in [-0.3, -0.25) is 4.79 Å². The first-order valence-corrected chi connectivity index (χ1v) is 8.17. The molecule has 1 aliphatic rings. The summed E-state index contributed by atoms with van der Waals surface area (Å²) in [7, 11) is 0. The number of rotatable bonds is 8. The first-order chi connectivity index (χ1) is 9.11. The maximum Gasteiger partial charge on any atom is 0.188 e. The van der Waals surface area contributed by atoms with Gasteiger partial charge in [0.2, 0.25) is 0 Å². The van der Waals surface area contributed by atoms with Crippen LogP contribution < -0.4 is 5.32 Å². The molecule has 0 aliphatic heterocycles. The highest BCUT2D eigenvalue weighted by molar-refractivity contribution is 8.13. The van der Waals surface area contributed by atoms with Crippen LogP contribution in [0, 0.1) is 0 Å². The summed E-state index contributed by atoms with van der Waals surface area (Å²) in [4.78, 5) is 11.3. The maximum absolute atomic E-state index is 11.3. The van der Waals surface area contributed by atoms with Crippen molar-refractivity contribution in [3.63, 3.8) is 0 Å². The lowest BCUT2D eigenvalue weighted by atomic mass is 10.00. The van der Waals surface area contributed by atoms with Crippen molar-refractivity contribution in [2.24, 2.45) is 0 Å². The smallest absolute Gasteiger partial charge is 0.188 e. The standard InChI is InChI=1S/C15H25NO2S/c1-12(2)16-9-10-18-14-6-4-5-13(11-14)7-8-15(17)19-3/h6,11-12,16H,4-5,7-10H2,1-3H3. The molecule has 19 heavy (non-hydrogen) atoms. The minimum absolute atomic E-state index is 0.263. The molecule has 4 heteroatoms. The molecule has 108 valence electrons. The molecule has 0 aromatic heterocycles. The third kappa shape index (κ3) is 7.43. The van der Waals surface area contributed by atoms with Crippen LogP contribution in [0.4, 0.5) is 0 Å². The third-order valence-corrected chi connectivity index (χ3v) is 3.62. The Morgan fingerprint density at radius 2 is 2.32 bits per heavy atom. The number of ether oxygens (including phenoxy) is 1. The van der Waals surface area contributed by atoms with E-state index in [1.807, 2.05) is 6.26 Å². The van der Waals surface area contributed by atoms with Gasteiger partial charge in [-0.05, 0) is 37.7 Å². The lowest BCUT2D eigenvalue weighted by Gasteiger charge is -2.15. The Bertz CT molecular complexity index is 348. The second-order valence-corrected chi connectivity index (χ2v) is 5.84. The summed E-state index contributed by atoms with van der Waals surface area (Å²) in [6.07, 6.45) is 9.65.